The SMILES string of the molecule is N#Cc1ccc(N2CCN(Cc3cccc(Cl)c3)CC2)c([N+](=O)[O-])c1. The van der Waals surface area contributed by atoms with E-state index < -0.39 is 4.92 Å². The van der Waals surface area contributed by atoms with Crippen molar-refractivity contribution >= 4 is 23.0 Å². The van der Waals surface area contributed by atoms with Crippen LogP contribution < -0.4 is 4.90 Å². The highest BCUT2D eigenvalue weighted by molar-refractivity contribution is 6.30. The quantitative estimate of drug-likeness (QED) is 0.619. The van der Waals surface area contributed by atoms with E-state index in [0.29, 0.717) is 24.3 Å². The first-order valence-corrected chi connectivity index (χ1v) is 8.35. The minimum absolute atomic E-state index is 0.0117. The van der Waals surface area contributed by atoms with Crippen LogP contribution in [-0.2, 0) is 6.54 Å². The molecule has 0 atom stereocenters. The van der Waals surface area contributed by atoms with Gasteiger partial charge in [-0.3, -0.25) is 15.0 Å². The van der Waals surface area contributed by atoms with Gasteiger partial charge in [0.05, 0.1) is 16.6 Å². The Morgan fingerprint density at radius 1 is 1.16 bits per heavy atom. The molecule has 128 valence electrons. The van der Waals surface area contributed by atoms with Crippen LogP contribution in [0.15, 0.2) is 42.5 Å². The number of anilines is 1. The molecule has 0 bridgehead atoms. The molecule has 25 heavy (non-hydrogen) atoms. The Morgan fingerprint density at radius 2 is 1.92 bits per heavy atom. The van der Waals surface area contributed by atoms with Crippen LogP contribution in [0.4, 0.5) is 11.4 Å². The summed E-state index contributed by atoms with van der Waals surface area (Å²) in [4.78, 5) is 15.2. The first-order valence-electron chi connectivity index (χ1n) is 7.97. The Bertz CT molecular complexity index is 826. The predicted octanol–water partition coefficient (Wildman–Crippen LogP) is 3.44. The maximum atomic E-state index is 11.3. The van der Waals surface area contributed by atoms with Gasteiger partial charge in [0.1, 0.15) is 5.69 Å². The van der Waals surface area contributed by atoms with Crippen molar-refractivity contribution in [2.75, 3.05) is 31.1 Å². The molecule has 6 nitrogen and oxygen atoms in total. The smallest absolute Gasteiger partial charge is 0.293 e. The lowest BCUT2D eigenvalue weighted by atomic mass is 10.1. The van der Waals surface area contributed by atoms with E-state index >= 15 is 0 Å². The summed E-state index contributed by atoms with van der Waals surface area (Å²) in [5.74, 6) is 0. The lowest BCUT2D eigenvalue weighted by Gasteiger charge is -2.35. The van der Waals surface area contributed by atoms with Crippen LogP contribution in [0.2, 0.25) is 5.02 Å². The highest BCUT2D eigenvalue weighted by Gasteiger charge is 2.24. The Labute approximate surface area is 151 Å². The molecule has 3 rings (SSSR count). The highest BCUT2D eigenvalue weighted by Crippen LogP contribution is 2.30. The second-order valence-electron chi connectivity index (χ2n) is 5.97. The zero-order valence-corrected chi connectivity index (χ0v) is 14.3. The summed E-state index contributed by atoms with van der Waals surface area (Å²) in [5, 5.41) is 21.0. The summed E-state index contributed by atoms with van der Waals surface area (Å²) < 4.78 is 0. The third-order valence-corrected chi connectivity index (χ3v) is 4.54. The van der Waals surface area contributed by atoms with Gasteiger partial charge in [-0.15, -0.1) is 0 Å². The summed E-state index contributed by atoms with van der Waals surface area (Å²) >= 11 is 6.02. The number of hydrogen-bond donors (Lipinski definition) is 0. The lowest BCUT2D eigenvalue weighted by Crippen LogP contribution is -2.46. The van der Waals surface area contributed by atoms with E-state index in [4.69, 9.17) is 16.9 Å². The minimum Gasteiger partial charge on any atom is -0.363 e. The molecule has 0 aromatic heterocycles. The molecule has 1 fully saturated rings. The van der Waals surface area contributed by atoms with Gasteiger partial charge < -0.3 is 4.90 Å². The number of nitrogens with zero attached hydrogens (tertiary/aromatic N) is 4. The Balaban J connectivity index is 1.68. The fourth-order valence-corrected chi connectivity index (χ4v) is 3.26. The van der Waals surface area contributed by atoms with Gasteiger partial charge in [-0.05, 0) is 29.8 Å². The van der Waals surface area contributed by atoms with Crippen molar-refractivity contribution < 1.29 is 4.92 Å². The average Bonchev–Trinajstić information content (AvgIpc) is 2.62. The van der Waals surface area contributed by atoms with Gasteiger partial charge in [0, 0.05) is 43.8 Å². The van der Waals surface area contributed by atoms with Crippen molar-refractivity contribution in [1.29, 1.82) is 5.26 Å². The fourth-order valence-electron chi connectivity index (χ4n) is 3.05. The van der Waals surface area contributed by atoms with E-state index in [1.54, 1.807) is 12.1 Å². The molecule has 0 radical (unpaired) electrons. The van der Waals surface area contributed by atoms with E-state index in [9.17, 15) is 10.1 Å². The average molecular weight is 357 g/mol. The third kappa shape index (κ3) is 4.08. The van der Waals surface area contributed by atoms with Gasteiger partial charge >= 0.3 is 0 Å². The van der Waals surface area contributed by atoms with Crippen LogP contribution >= 0.6 is 11.6 Å². The van der Waals surface area contributed by atoms with Crippen molar-refractivity contribution in [3.63, 3.8) is 0 Å². The lowest BCUT2D eigenvalue weighted by molar-refractivity contribution is -0.384. The molecule has 2 aromatic carbocycles. The summed E-state index contributed by atoms with van der Waals surface area (Å²) in [6.07, 6.45) is 0. The maximum Gasteiger partial charge on any atom is 0.293 e. The van der Waals surface area contributed by atoms with Crippen LogP contribution in [0, 0.1) is 21.4 Å². The zero-order valence-electron chi connectivity index (χ0n) is 13.6. The Kier molecular flexibility index (Phi) is 5.17. The number of nitro benzene ring substituents is 1. The van der Waals surface area contributed by atoms with E-state index in [1.807, 2.05) is 35.2 Å². The molecular weight excluding hydrogens is 340 g/mol. The molecule has 1 heterocycles. The normalized spacial score (nSPS) is 15.0. The monoisotopic (exact) mass is 356 g/mol. The van der Waals surface area contributed by atoms with Gasteiger partial charge in [-0.25, -0.2) is 0 Å². The Hall–Kier alpha value is -2.62. The second-order valence-corrected chi connectivity index (χ2v) is 6.40. The first kappa shape index (κ1) is 17.2. The second kappa shape index (κ2) is 7.51. The molecule has 0 N–H and O–H groups in total. The number of piperazine rings is 1. The molecule has 2 aromatic rings. The summed E-state index contributed by atoms with van der Waals surface area (Å²) in [6.45, 7) is 3.83. The van der Waals surface area contributed by atoms with Crippen molar-refractivity contribution in [3.8, 4) is 6.07 Å². The number of benzene rings is 2. The summed E-state index contributed by atoms with van der Waals surface area (Å²) in [5.41, 5.74) is 2.02. The molecule has 1 aliphatic heterocycles. The van der Waals surface area contributed by atoms with Crippen molar-refractivity contribution in [3.05, 3.63) is 68.7 Å². The number of hydrogen-bond acceptors (Lipinski definition) is 5. The maximum absolute atomic E-state index is 11.3. The van der Waals surface area contributed by atoms with Gasteiger partial charge in [-0.2, -0.15) is 5.26 Å². The molecule has 0 spiro atoms. The molecular formula is C18H17ClN4O2. The molecule has 0 amide bonds. The fraction of sp³-hybridized carbons (Fsp3) is 0.278. The molecule has 7 heteroatoms. The zero-order chi connectivity index (χ0) is 17.8. The Morgan fingerprint density at radius 3 is 2.56 bits per heavy atom. The summed E-state index contributed by atoms with van der Waals surface area (Å²) in [7, 11) is 0. The van der Waals surface area contributed by atoms with Crippen LogP contribution in [0.1, 0.15) is 11.1 Å². The van der Waals surface area contributed by atoms with Gasteiger partial charge in [0.25, 0.3) is 5.69 Å². The van der Waals surface area contributed by atoms with E-state index in [1.165, 1.54) is 6.07 Å². The van der Waals surface area contributed by atoms with E-state index in [0.717, 1.165) is 30.2 Å². The van der Waals surface area contributed by atoms with Gasteiger partial charge in [-0.1, -0.05) is 23.7 Å². The molecule has 0 aliphatic carbocycles. The molecule has 1 saturated heterocycles. The number of nitro groups is 1. The van der Waals surface area contributed by atoms with Gasteiger partial charge in [0.15, 0.2) is 0 Å². The number of halogens is 1. The van der Waals surface area contributed by atoms with Crippen LogP contribution in [0.25, 0.3) is 0 Å². The van der Waals surface area contributed by atoms with Gasteiger partial charge in [0.2, 0.25) is 0 Å². The molecule has 0 saturated carbocycles. The standard InChI is InChI=1S/C18H17ClN4O2/c19-16-3-1-2-15(10-16)13-21-6-8-22(9-7-21)17-5-4-14(12-20)11-18(17)23(24)25/h1-5,10-11H,6-9,13H2. The van der Waals surface area contributed by atoms with Crippen molar-refractivity contribution in [1.82, 2.24) is 4.90 Å². The van der Waals surface area contributed by atoms with Crippen molar-refractivity contribution in [2.45, 2.75) is 6.54 Å². The number of rotatable bonds is 4. The third-order valence-electron chi connectivity index (χ3n) is 4.31. The first-order chi connectivity index (χ1) is 12.1. The topological polar surface area (TPSA) is 73.4 Å². The predicted molar refractivity (Wildman–Crippen MR) is 96.8 cm³/mol. The molecule has 0 unspecified atom stereocenters. The van der Waals surface area contributed by atoms with Crippen molar-refractivity contribution in [2.24, 2.45) is 0 Å². The van der Waals surface area contributed by atoms with E-state index in [-0.39, 0.29) is 5.69 Å². The van der Waals surface area contributed by atoms with E-state index in [2.05, 4.69) is 4.90 Å². The molecule has 1 aliphatic rings. The van der Waals surface area contributed by atoms with Crippen LogP contribution in [0.5, 0.6) is 0 Å². The largest absolute Gasteiger partial charge is 0.363 e. The highest BCUT2D eigenvalue weighted by atomic mass is 35.5. The summed E-state index contributed by atoms with van der Waals surface area (Å²) in [6, 6.07) is 14.4. The minimum atomic E-state index is -0.422. The van der Waals surface area contributed by atoms with Crippen LogP contribution in [-0.4, -0.2) is 36.0 Å². The number of nitriles is 1. The van der Waals surface area contributed by atoms with Crippen LogP contribution in [0.3, 0.4) is 0 Å².